The summed E-state index contributed by atoms with van der Waals surface area (Å²) < 4.78 is 13.1. The van der Waals surface area contributed by atoms with Crippen LogP contribution in [0.4, 0.5) is 4.39 Å². The number of halogens is 1. The molecule has 1 saturated carbocycles. The largest absolute Gasteiger partial charge is 0.508 e. The molecule has 1 fully saturated rings. The Morgan fingerprint density at radius 2 is 2.13 bits per heavy atom. The molecule has 0 aliphatic heterocycles. The Hall–Kier alpha value is -1.09. The summed E-state index contributed by atoms with van der Waals surface area (Å²) in [6.45, 7) is 4.77. The van der Waals surface area contributed by atoms with Gasteiger partial charge in [0.2, 0.25) is 0 Å². The molecule has 0 unspecified atom stereocenters. The number of hydrogen-bond donors (Lipinski definition) is 2. The van der Waals surface area contributed by atoms with Crippen molar-refractivity contribution in [1.82, 2.24) is 0 Å². The third kappa shape index (κ3) is 1.51. The highest BCUT2D eigenvalue weighted by molar-refractivity contribution is 5.42. The average Bonchev–Trinajstić information content (AvgIpc) is 2.72. The van der Waals surface area contributed by atoms with Crippen LogP contribution in [0.3, 0.4) is 0 Å². The second kappa shape index (κ2) is 3.20. The summed E-state index contributed by atoms with van der Waals surface area (Å²) in [5.41, 5.74) is 6.41. The van der Waals surface area contributed by atoms with Gasteiger partial charge in [-0.15, -0.1) is 0 Å². The molecule has 1 aromatic rings. The maximum atomic E-state index is 13.1. The zero-order valence-corrected chi connectivity index (χ0v) is 9.00. The number of aromatic hydroxyl groups is 1. The lowest BCUT2D eigenvalue weighted by molar-refractivity contribution is 0.461. The first-order valence-electron chi connectivity index (χ1n) is 5.17. The maximum Gasteiger partial charge on any atom is 0.123 e. The van der Waals surface area contributed by atoms with Crippen LogP contribution in [0.25, 0.3) is 0 Å². The Bertz CT molecular complexity index is 389. The van der Waals surface area contributed by atoms with Crippen LogP contribution >= 0.6 is 0 Å². The van der Waals surface area contributed by atoms with Crippen LogP contribution in [0.1, 0.15) is 25.3 Å². The van der Waals surface area contributed by atoms with E-state index in [4.69, 9.17) is 5.73 Å². The van der Waals surface area contributed by atoms with Crippen LogP contribution in [0.15, 0.2) is 18.2 Å². The molecule has 3 N–H and O–H groups in total. The van der Waals surface area contributed by atoms with E-state index < -0.39 is 0 Å². The van der Waals surface area contributed by atoms with E-state index in [0.29, 0.717) is 18.0 Å². The minimum atomic E-state index is -0.304. The van der Waals surface area contributed by atoms with E-state index in [1.54, 1.807) is 0 Å². The zero-order chi connectivity index (χ0) is 11.2. The van der Waals surface area contributed by atoms with E-state index in [1.165, 1.54) is 18.2 Å². The van der Waals surface area contributed by atoms with E-state index in [-0.39, 0.29) is 22.9 Å². The van der Waals surface area contributed by atoms with Gasteiger partial charge in [0.1, 0.15) is 11.6 Å². The van der Waals surface area contributed by atoms with Crippen molar-refractivity contribution >= 4 is 0 Å². The Morgan fingerprint density at radius 1 is 1.47 bits per heavy atom. The molecule has 0 radical (unpaired) electrons. The minimum absolute atomic E-state index is 0.0695. The summed E-state index contributed by atoms with van der Waals surface area (Å²) in [5, 5.41) is 9.68. The molecule has 1 aliphatic carbocycles. The van der Waals surface area contributed by atoms with Crippen molar-refractivity contribution in [2.24, 2.45) is 17.1 Å². The first-order chi connectivity index (χ1) is 6.98. The number of phenolic OH excluding ortho intramolecular Hbond substituents is 1. The van der Waals surface area contributed by atoms with Crippen molar-refractivity contribution in [3.63, 3.8) is 0 Å². The van der Waals surface area contributed by atoms with Gasteiger partial charge in [-0.3, -0.25) is 0 Å². The molecule has 2 nitrogen and oxygen atoms in total. The van der Waals surface area contributed by atoms with Crippen molar-refractivity contribution in [3.8, 4) is 5.75 Å². The van der Waals surface area contributed by atoms with Gasteiger partial charge in [-0.05, 0) is 42.0 Å². The molecule has 0 saturated heterocycles. The van der Waals surface area contributed by atoms with Crippen molar-refractivity contribution in [1.29, 1.82) is 0 Å². The molecule has 0 heterocycles. The molecule has 15 heavy (non-hydrogen) atoms. The van der Waals surface area contributed by atoms with Crippen LogP contribution < -0.4 is 5.73 Å². The predicted octanol–water partition coefficient (Wildman–Crippen LogP) is 2.23. The van der Waals surface area contributed by atoms with Gasteiger partial charge in [0, 0.05) is 5.56 Å². The van der Waals surface area contributed by atoms with Crippen molar-refractivity contribution in [2.45, 2.75) is 19.8 Å². The maximum absolute atomic E-state index is 13.1. The molecule has 2 atom stereocenters. The van der Waals surface area contributed by atoms with Gasteiger partial charge in [-0.2, -0.15) is 0 Å². The zero-order valence-electron chi connectivity index (χ0n) is 9.00. The molecule has 0 aromatic heterocycles. The Morgan fingerprint density at radius 3 is 2.67 bits per heavy atom. The summed E-state index contributed by atoms with van der Waals surface area (Å²) in [7, 11) is 0. The van der Waals surface area contributed by atoms with E-state index >= 15 is 0 Å². The molecule has 1 aromatic carbocycles. The van der Waals surface area contributed by atoms with Gasteiger partial charge >= 0.3 is 0 Å². The molecule has 0 bridgehead atoms. The predicted molar refractivity (Wildman–Crippen MR) is 57.1 cm³/mol. The fourth-order valence-electron chi connectivity index (χ4n) is 2.58. The van der Waals surface area contributed by atoms with Gasteiger partial charge in [0.15, 0.2) is 0 Å². The molecule has 82 valence electrons. The standard InChI is InChI=1S/C12H16FNO/c1-12(2)9(6-14)11(12)8-5-7(13)3-4-10(8)15/h3-5,9,11,15H,6,14H2,1-2H3/t9-,11-/m0/s1. The fraction of sp³-hybridized carbons (Fsp3) is 0.500. The summed E-state index contributed by atoms with van der Waals surface area (Å²) in [5.74, 6) is 0.384. The fourth-order valence-corrected chi connectivity index (χ4v) is 2.58. The molecular formula is C12H16FNO. The molecular weight excluding hydrogens is 193 g/mol. The van der Waals surface area contributed by atoms with Gasteiger partial charge in [-0.1, -0.05) is 13.8 Å². The van der Waals surface area contributed by atoms with Crippen LogP contribution in [-0.4, -0.2) is 11.7 Å². The van der Waals surface area contributed by atoms with Crippen molar-refractivity contribution in [3.05, 3.63) is 29.6 Å². The topological polar surface area (TPSA) is 46.2 Å². The third-order valence-electron chi connectivity index (χ3n) is 3.63. The Kier molecular flexibility index (Phi) is 2.23. The van der Waals surface area contributed by atoms with E-state index in [2.05, 4.69) is 13.8 Å². The van der Waals surface area contributed by atoms with Gasteiger partial charge in [0.05, 0.1) is 0 Å². The van der Waals surface area contributed by atoms with Crippen molar-refractivity contribution < 1.29 is 9.50 Å². The molecule has 3 heteroatoms. The summed E-state index contributed by atoms with van der Waals surface area (Å²) >= 11 is 0. The first-order valence-corrected chi connectivity index (χ1v) is 5.17. The second-order valence-electron chi connectivity index (χ2n) is 4.84. The first kappa shape index (κ1) is 10.4. The van der Waals surface area contributed by atoms with Crippen LogP contribution in [0, 0.1) is 17.2 Å². The number of nitrogens with two attached hydrogens (primary N) is 1. The van der Waals surface area contributed by atoms with E-state index in [1.807, 2.05) is 0 Å². The Labute approximate surface area is 88.9 Å². The second-order valence-corrected chi connectivity index (χ2v) is 4.84. The SMILES string of the molecule is CC1(C)[C@@H](CN)[C@@H]1c1cc(F)ccc1O. The highest BCUT2D eigenvalue weighted by atomic mass is 19.1. The lowest BCUT2D eigenvalue weighted by Gasteiger charge is -2.05. The minimum Gasteiger partial charge on any atom is -0.508 e. The van der Waals surface area contributed by atoms with Gasteiger partial charge < -0.3 is 10.8 Å². The smallest absolute Gasteiger partial charge is 0.123 e. The number of rotatable bonds is 2. The van der Waals surface area contributed by atoms with Crippen LogP contribution in [0.5, 0.6) is 5.75 Å². The molecule has 0 spiro atoms. The summed E-state index contributed by atoms with van der Waals surface area (Å²) in [6.07, 6.45) is 0. The molecule has 1 aliphatic rings. The quantitative estimate of drug-likeness (QED) is 0.784. The van der Waals surface area contributed by atoms with Gasteiger partial charge in [0.25, 0.3) is 0 Å². The average molecular weight is 209 g/mol. The highest BCUT2D eigenvalue weighted by Gasteiger charge is 2.58. The Balaban J connectivity index is 2.36. The van der Waals surface area contributed by atoms with Crippen LogP contribution in [-0.2, 0) is 0 Å². The highest BCUT2D eigenvalue weighted by Crippen LogP contribution is 2.65. The van der Waals surface area contributed by atoms with E-state index in [9.17, 15) is 9.50 Å². The number of hydrogen-bond acceptors (Lipinski definition) is 2. The van der Waals surface area contributed by atoms with E-state index in [0.717, 1.165) is 0 Å². The number of phenols is 1. The van der Waals surface area contributed by atoms with Crippen LogP contribution in [0.2, 0.25) is 0 Å². The summed E-state index contributed by atoms with van der Waals surface area (Å²) in [6, 6.07) is 4.09. The summed E-state index contributed by atoms with van der Waals surface area (Å²) in [4.78, 5) is 0. The normalized spacial score (nSPS) is 27.7. The lowest BCUT2D eigenvalue weighted by atomic mass is 10.0. The molecule has 2 rings (SSSR count). The lowest BCUT2D eigenvalue weighted by Crippen LogP contribution is -2.05. The third-order valence-corrected chi connectivity index (χ3v) is 3.63. The molecule has 0 amide bonds. The monoisotopic (exact) mass is 209 g/mol. The van der Waals surface area contributed by atoms with Crippen molar-refractivity contribution in [2.75, 3.05) is 6.54 Å². The number of benzene rings is 1. The van der Waals surface area contributed by atoms with Gasteiger partial charge in [-0.25, -0.2) is 4.39 Å².